The lowest BCUT2D eigenvalue weighted by Crippen LogP contribution is -2.49. The highest BCUT2D eigenvalue weighted by Crippen LogP contribution is 2.28. The van der Waals surface area contributed by atoms with Crippen molar-refractivity contribution in [3.8, 4) is 0 Å². The molecule has 0 radical (unpaired) electrons. The van der Waals surface area contributed by atoms with E-state index in [0.29, 0.717) is 12.6 Å². The predicted molar refractivity (Wildman–Crippen MR) is 66.2 cm³/mol. The molecule has 1 atom stereocenters. The smallest absolute Gasteiger partial charge is 0.239 e. The quantitative estimate of drug-likeness (QED) is 0.695. The molecule has 4 nitrogen and oxygen atoms in total. The van der Waals surface area contributed by atoms with Gasteiger partial charge in [-0.3, -0.25) is 9.69 Å². The number of nitrogens with two attached hydrogens (primary N) is 1. The zero-order valence-electron chi connectivity index (χ0n) is 10.8. The Morgan fingerprint density at radius 3 is 2.31 bits per heavy atom. The molecule has 1 fully saturated rings. The van der Waals surface area contributed by atoms with Gasteiger partial charge in [-0.05, 0) is 33.6 Å². The maximum absolute atomic E-state index is 12.2. The lowest BCUT2D eigenvalue weighted by Gasteiger charge is -2.31. The van der Waals surface area contributed by atoms with Crippen LogP contribution in [0.15, 0.2) is 0 Å². The first-order valence-electron chi connectivity index (χ1n) is 6.40. The molecule has 1 amide bonds. The van der Waals surface area contributed by atoms with Gasteiger partial charge in [-0.15, -0.1) is 0 Å². The molecule has 16 heavy (non-hydrogen) atoms. The Labute approximate surface area is 98.8 Å². The van der Waals surface area contributed by atoms with Crippen LogP contribution in [0.25, 0.3) is 0 Å². The molecule has 0 aromatic carbocycles. The van der Waals surface area contributed by atoms with Gasteiger partial charge in [-0.2, -0.15) is 0 Å². The van der Waals surface area contributed by atoms with Crippen molar-refractivity contribution in [2.45, 2.75) is 45.7 Å². The SMILES string of the molecule is CCN(CC)C(=O)C(C)N(CCN)C1CC1. The average Bonchev–Trinajstić information content (AvgIpc) is 3.10. The molecule has 0 aromatic heterocycles. The topological polar surface area (TPSA) is 49.6 Å². The average molecular weight is 227 g/mol. The van der Waals surface area contributed by atoms with Crippen LogP contribution in [0.4, 0.5) is 0 Å². The highest BCUT2D eigenvalue weighted by Gasteiger charge is 2.35. The van der Waals surface area contributed by atoms with Gasteiger partial charge in [0.25, 0.3) is 0 Å². The summed E-state index contributed by atoms with van der Waals surface area (Å²) in [7, 11) is 0. The molecule has 1 unspecified atom stereocenters. The van der Waals surface area contributed by atoms with Crippen molar-refractivity contribution in [1.29, 1.82) is 0 Å². The van der Waals surface area contributed by atoms with Crippen LogP contribution in [0.3, 0.4) is 0 Å². The van der Waals surface area contributed by atoms with E-state index in [4.69, 9.17) is 5.73 Å². The molecule has 0 bridgehead atoms. The third-order valence-electron chi connectivity index (χ3n) is 3.33. The summed E-state index contributed by atoms with van der Waals surface area (Å²) >= 11 is 0. The Hall–Kier alpha value is -0.610. The van der Waals surface area contributed by atoms with Gasteiger partial charge < -0.3 is 10.6 Å². The van der Waals surface area contributed by atoms with E-state index in [1.165, 1.54) is 12.8 Å². The number of hydrogen-bond acceptors (Lipinski definition) is 3. The minimum absolute atomic E-state index is 0.0176. The van der Waals surface area contributed by atoms with E-state index in [0.717, 1.165) is 19.6 Å². The van der Waals surface area contributed by atoms with E-state index in [-0.39, 0.29) is 11.9 Å². The van der Waals surface area contributed by atoms with E-state index in [1.54, 1.807) is 0 Å². The Morgan fingerprint density at radius 1 is 1.38 bits per heavy atom. The van der Waals surface area contributed by atoms with Crippen LogP contribution in [0, 0.1) is 0 Å². The molecule has 94 valence electrons. The number of rotatable bonds is 7. The van der Waals surface area contributed by atoms with E-state index in [2.05, 4.69) is 4.90 Å². The van der Waals surface area contributed by atoms with Gasteiger partial charge >= 0.3 is 0 Å². The summed E-state index contributed by atoms with van der Waals surface area (Å²) in [6.07, 6.45) is 2.44. The molecular formula is C12H25N3O. The molecule has 1 aliphatic carbocycles. The number of amides is 1. The highest BCUT2D eigenvalue weighted by molar-refractivity contribution is 5.81. The van der Waals surface area contributed by atoms with Crippen molar-refractivity contribution in [1.82, 2.24) is 9.80 Å². The van der Waals surface area contributed by atoms with Gasteiger partial charge in [0.05, 0.1) is 6.04 Å². The molecule has 2 N–H and O–H groups in total. The van der Waals surface area contributed by atoms with Crippen molar-refractivity contribution >= 4 is 5.91 Å². The number of likely N-dealkylation sites (N-methyl/N-ethyl adjacent to an activating group) is 1. The third kappa shape index (κ3) is 3.19. The van der Waals surface area contributed by atoms with Crippen LogP contribution < -0.4 is 5.73 Å². The van der Waals surface area contributed by atoms with Crippen molar-refractivity contribution in [2.24, 2.45) is 5.73 Å². The number of hydrogen-bond donors (Lipinski definition) is 1. The zero-order valence-corrected chi connectivity index (χ0v) is 10.8. The fourth-order valence-corrected chi connectivity index (χ4v) is 2.19. The summed E-state index contributed by atoms with van der Waals surface area (Å²) in [5.41, 5.74) is 5.61. The second-order valence-electron chi connectivity index (χ2n) is 4.44. The van der Waals surface area contributed by atoms with E-state index in [1.807, 2.05) is 25.7 Å². The normalized spacial score (nSPS) is 17.6. The lowest BCUT2D eigenvalue weighted by molar-refractivity contribution is -0.136. The minimum Gasteiger partial charge on any atom is -0.342 e. The number of nitrogens with zero attached hydrogens (tertiary/aromatic N) is 2. The molecular weight excluding hydrogens is 202 g/mol. The molecule has 4 heteroatoms. The van der Waals surface area contributed by atoms with Crippen LogP contribution in [0.1, 0.15) is 33.6 Å². The second kappa shape index (κ2) is 6.21. The number of carbonyl (C=O) groups excluding carboxylic acids is 1. The first-order valence-corrected chi connectivity index (χ1v) is 6.40. The highest BCUT2D eigenvalue weighted by atomic mass is 16.2. The summed E-state index contributed by atoms with van der Waals surface area (Å²) < 4.78 is 0. The molecule has 0 heterocycles. The summed E-state index contributed by atoms with van der Waals surface area (Å²) in [5.74, 6) is 0.241. The van der Waals surface area contributed by atoms with Gasteiger partial charge in [0.1, 0.15) is 0 Å². The van der Waals surface area contributed by atoms with Gasteiger partial charge in [0, 0.05) is 32.2 Å². The third-order valence-corrected chi connectivity index (χ3v) is 3.33. The van der Waals surface area contributed by atoms with E-state index in [9.17, 15) is 4.79 Å². The van der Waals surface area contributed by atoms with Crippen LogP contribution in [-0.2, 0) is 4.79 Å². The Kier molecular flexibility index (Phi) is 5.22. The monoisotopic (exact) mass is 227 g/mol. The molecule has 1 saturated carbocycles. The Bertz CT molecular complexity index is 224. The maximum Gasteiger partial charge on any atom is 0.239 e. The van der Waals surface area contributed by atoms with Crippen LogP contribution >= 0.6 is 0 Å². The first kappa shape index (κ1) is 13.5. The fourth-order valence-electron chi connectivity index (χ4n) is 2.19. The van der Waals surface area contributed by atoms with Gasteiger partial charge in [0.15, 0.2) is 0 Å². The van der Waals surface area contributed by atoms with Crippen molar-refractivity contribution < 1.29 is 4.79 Å². The summed E-state index contributed by atoms with van der Waals surface area (Å²) in [6, 6.07) is 0.578. The van der Waals surface area contributed by atoms with Gasteiger partial charge in [0.2, 0.25) is 5.91 Å². The van der Waals surface area contributed by atoms with Crippen LogP contribution in [0.5, 0.6) is 0 Å². The first-order chi connectivity index (χ1) is 7.65. The maximum atomic E-state index is 12.2. The largest absolute Gasteiger partial charge is 0.342 e. The standard InChI is InChI=1S/C12H25N3O/c1-4-14(5-2)12(16)10(3)15(9-8-13)11-6-7-11/h10-11H,4-9,13H2,1-3H3. The number of carbonyl (C=O) groups is 1. The van der Waals surface area contributed by atoms with Gasteiger partial charge in [-0.25, -0.2) is 0 Å². The summed E-state index contributed by atoms with van der Waals surface area (Å²) in [4.78, 5) is 16.4. The van der Waals surface area contributed by atoms with Crippen molar-refractivity contribution in [2.75, 3.05) is 26.2 Å². The van der Waals surface area contributed by atoms with E-state index >= 15 is 0 Å². The van der Waals surface area contributed by atoms with Crippen molar-refractivity contribution in [3.63, 3.8) is 0 Å². The molecule has 1 aliphatic rings. The Morgan fingerprint density at radius 2 is 1.94 bits per heavy atom. The minimum atomic E-state index is -0.0176. The molecule has 1 rings (SSSR count). The molecule has 0 aliphatic heterocycles. The molecule has 0 saturated heterocycles. The second-order valence-corrected chi connectivity index (χ2v) is 4.44. The summed E-state index contributed by atoms with van der Waals surface area (Å²) in [5, 5.41) is 0. The summed E-state index contributed by atoms with van der Waals surface area (Å²) in [6.45, 7) is 9.11. The zero-order chi connectivity index (χ0) is 12.1. The lowest BCUT2D eigenvalue weighted by atomic mass is 10.2. The van der Waals surface area contributed by atoms with E-state index < -0.39 is 0 Å². The van der Waals surface area contributed by atoms with Crippen LogP contribution in [-0.4, -0.2) is 54.0 Å². The fraction of sp³-hybridized carbons (Fsp3) is 0.917. The predicted octanol–water partition coefficient (Wildman–Crippen LogP) is 0.666. The van der Waals surface area contributed by atoms with Crippen molar-refractivity contribution in [3.05, 3.63) is 0 Å². The van der Waals surface area contributed by atoms with Crippen LogP contribution in [0.2, 0.25) is 0 Å². The van der Waals surface area contributed by atoms with Gasteiger partial charge in [-0.1, -0.05) is 0 Å². The Balaban J connectivity index is 2.58. The molecule has 0 spiro atoms. The molecule has 0 aromatic rings.